The number of nitrogens with zero attached hydrogens (tertiary/aromatic N) is 2. The van der Waals surface area contributed by atoms with E-state index in [9.17, 15) is 4.79 Å². The van der Waals surface area contributed by atoms with E-state index in [4.69, 9.17) is 16.1 Å². The van der Waals surface area contributed by atoms with Gasteiger partial charge in [-0.1, -0.05) is 41.9 Å². The number of nitrogens with one attached hydrogen (secondary N) is 1. The van der Waals surface area contributed by atoms with Crippen molar-refractivity contribution in [2.24, 2.45) is 0 Å². The number of hydrogen-bond donors (Lipinski definition) is 1. The van der Waals surface area contributed by atoms with E-state index in [1.165, 1.54) is 0 Å². The van der Waals surface area contributed by atoms with Crippen molar-refractivity contribution in [1.29, 1.82) is 0 Å². The van der Waals surface area contributed by atoms with Gasteiger partial charge in [0.05, 0.1) is 0 Å². The number of aromatic nitrogens is 2. The summed E-state index contributed by atoms with van der Waals surface area (Å²) in [5, 5.41) is 7.36. The van der Waals surface area contributed by atoms with Gasteiger partial charge in [0.15, 0.2) is 0 Å². The highest BCUT2D eigenvalue weighted by molar-refractivity contribution is 6.31. The Morgan fingerprint density at radius 1 is 1.21 bits per heavy atom. The molecule has 0 saturated heterocycles. The maximum Gasteiger partial charge on any atom is 0.255 e. The lowest BCUT2D eigenvalue weighted by atomic mass is 10.1. The molecule has 0 atom stereocenters. The standard InChI is InChI=1S/C18H16ClN3O2/c1-3-16-21-17(22-24-16)12-5-7-13(8-6-12)18(23)20-15-10-14(19)9-4-11(15)2/h4-10H,3H2,1-2H3,(H,20,23). The Morgan fingerprint density at radius 2 is 1.96 bits per heavy atom. The van der Waals surface area contributed by atoms with Crippen LogP contribution in [0.2, 0.25) is 5.02 Å². The number of aryl methyl sites for hydroxylation is 2. The summed E-state index contributed by atoms with van der Waals surface area (Å²) in [5.41, 5.74) is 2.98. The predicted molar refractivity (Wildman–Crippen MR) is 93.3 cm³/mol. The Bertz CT molecular complexity index is 872. The van der Waals surface area contributed by atoms with Crippen LogP contribution in [-0.2, 0) is 6.42 Å². The molecule has 0 aliphatic heterocycles. The minimum absolute atomic E-state index is 0.200. The van der Waals surface area contributed by atoms with Crippen molar-refractivity contribution < 1.29 is 9.32 Å². The lowest BCUT2D eigenvalue weighted by Crippen LogP contribution is -2.12. The molecule has 0 unspecified atom stereocenters. The topological polar surface area (TPSA) is 68.0 Å². The summed E-state index contributed by atoms with van der Waals surface area (Å²) in [6.07, 6.45) is 0.687. The summed E-state index contributed by atoms with van der Waals surface area (Å²) < 4.78 is 5.10. The highest BCUT2D eigenvalue weighted by Gasteiger charge is 2.11. The van der Waals surface area contributed by atoms with Crippen LogP contribution in [-0.4, -0.2) is 16.0 Å². The third-order valence-corrected chi connectivity index (χ3v) is 3.86. The molecule has 0 aliphatic rings. The molecule has 24 heavy (non-hydrogen) atoms. The first-order chi connectivity index (χ1) is 11.6. The molecule has 0 radical (unpaired) electrons. The first kappa shape index (κ1) is 16.2. The van der Waals surface area contributed by atoms with Crippen molar-refractivity contribution in [2.75, 3.05) is 5.32 Å². The molecular weight excluding hydrogens is 326 g/mol. The van der Waals surface area contributed by atoms with Crippen LogP contribution in [0, 0.1) is 6.92 Å². The molecule has 1 N–H and O–H groups in total. The van der Waals surface area contributed by atoms with Crippen LogP contribution in [0.3, 0.4) is 0 Å². The second-order valence-electron chi connectivity index (χ2n) is 5.36. The maximum absolute atomic E-state index is 12.4. The van der Waals surface area contributed by atoms with E-state index in [1.807, 2.05) is 19.9 Å². The average molecular weight is 342 g/mol. The lowest BCUT2D eigenvalue weighted by Gasteiger charge is -2.09. The van der Waals surface area contributed by atoms with Gasteiger partial charge in [0, 0.05) is 28.3 Å². The smallest absolute Gasteiger partial charge is 0.255 e. The fourth-order valence-corrected chi connectivity index (χ4v) is 2.38. The van der Waals surface area contributed by atoms with E-state index in [0.717, 1.165) is 11.1 Å². The van der Waals surface area contributed by atoms with Crippen LogP contribution >= 0.6 is 11.6 Å². The molecule has 0 saturated carbocycles. The SMILES string of the molecule is CCc1nc(-c2ccc(C(=O)Nc3cc(Cl)ccc3C)cc2)no1. The zero-order valence-electron chi connectivity index (χ0n) is 13.3. The van der Waals surface area contributed by atoms with Gasteiger partial charge in [-0.2, -0.15) is 4.98 Å². The molecule has 0 fully saturated rings. The van der Waals surface area contributed by atoms with Crippen molar-refractivity contribution in [2.45, 2.75) is 20.3 Å². The van der Waals surface area contributed by atoms with Crippen LogP contribution in [0.25, 0.3) is 11.4 Å². The van der Waals surface area contributed by atoms with E-state index in [-0.39, 0.29) is 5.91 Å². The van der Waals surface area contributed by atoms with Gasteiger partial charge < -0.3 is 9.84 Å². The monoisotopic (exact) mass is 341 g/mol. The maximum atomic E-state index is 12.4. The van der Waals surface area contributed by atoms with E-state index in [1.54, 1.807) is 36.4 Å². The predicted octanol–water partition coefficient (Wildman–Crippen LogP) is 4.51. The highest BCUT2D eigenvalue weighted by atomic mass is 35.5. The second-order valence-corrected chi connectivity index (χ2v) is 5.79. The van der Waals surface area contributed by atoms with Gasteiger partial charge in [0.1, 0.15) is 0 Å². The van der Waals surface area contributed by atoms with Gasteiger partial charge in [-0.15, -0.1) is 0 Å². The molecule has 122 valence electrons. The number of amides is 1. The largest absolute Gasteiger partial charge is 0.339 e. The van der Waals surface area contributed by atoms with Crippen LogP contribution in [0.5, 0.6) is 0 Å². The van der Waals surface area contributed by atoms with Crippen molar-refractivity contribution in [3.8, 4) is 11.4 Å². The van der Waals surface area contributed by atoms with Gasteiger partial charge in [-0.25, -0.2) is 0 Å². The zero-order chi connectivity index (χ0) is 17.1. The lowest BCUT2D eigenvalue weighted by molar-refractivity contribution is 0.102. The minimum atomic E-state index is -0.200. The Balaban J connectivity index is 1.77. The van der Waals surface area contributed by atoms with Gasteiger partial charge in [-0.05, 0) is 36.8 Å². The Morgan fingerprint density at radius 3 is 2.62 bits per heavy atom. The fraction of sp³-hybridized carbons (Fsp3) is 0.167. The number of halogens is 1. The highest BCUT2D eigenvalue weighted by Crippen LogP contribution is 2.22. The number of rotatable bonds is 4. The van der Waals surface area contributed by atoms with E-state index < -0.39 is 0 Å². The summed E-state index contributed by atoms with van der Waals surface area (Å²) in [4.78, 5) is 16.6. The third-order valence-electron chi connectivity index (χ3n) is 3.62. The van der Waals surface area contributed by atoms with Gasteiger partial charge in [-0.3, -0.25) is 4.79 Å². The Labute approximate surface area is 144 Å². The molecule has 0 spiro atoms. The van der Waals surface area contributed by atoms with Crippen LogP contribution < -0.4 is 5.32 Å². The molecule has 0 bridgehead atoms. The molecule has 2 aromatic carbocycles. The molecule has 3 rings (SSSR count). The number of hydrogen-bond acceptors (Lipinski definition) is 4. The Hall–Kier alpha value is -2.66. The van der Waals surface area contributed by atoms with E-state index in [0.29, 0.717) is 34.4 Å². The first-order valence-corrected chi connectivity index (χ1v) is 7.95. The minimum Gasteiger partial charge on any atom is -0.339 e. The van der Waals surface area contributed by atoms with Crippen molar-refractivity contribution in [1.82, 2.24) is 10.1 Å². The molecule has 5 nitrogen and oxygen atoms in total. The summed E-state index contributed by atoms with van der Waals surface area (Å²) >= 11 is 5.97. The van der Waals surface area contributed by atoms with E-state index in [2.05, 4.69) is 15.5 Å². The van der Waals surface area contributed by atoms with Gasteiger partial charge in [0.2, 0.25) is 11.7 Å². The van der Waals surface area contributed by atoms with Crippen molar-refractivity contribution >= 4 is 23.2 Å². The summed E-state index contributed by atoms with van der Waals surface area (Å²) in [6.45, 7) is 3.86. The molecule has 1 aromatic heterocycles. The fourth-order valence-electron chi connectivity index (χ4n) is 2.21. The number of carbonyl (C=O) groups is 1. The second kappa shape index (κ2) is 6.84. The average Bonchev–Trinajstić information content (AvgIpc) is 3.07. The van der Waals surface area contributed by atoms with Crippen LogP contribution in [0.4, 0.5) is 5.69 Å². The van der Waals surface area contributed by atoms with Crippen molar-refractivity contribution in [3.63, 3.8) is 0 Å². The normalized spacial score (nSPS) is 10.6. The van der Waals surface area contributed by atoms with Gasteiger partial charge >= 0.3 is 0 Å². The number of carbonyl (C=O) groups excluding carboxylic acids is 1. The molecule has 1 amide bonds. The molecule has 6 heteroatoms. The summed E-state index contributed by atoms with van der Waals surface area (Å²) in [5.74, 6) is 0.905. The Kier molecular flexibility index (Phi) is 4.62. The van der Waals surface area contributed by atoms with E-state index >= 15 is 0 Å². The van der Waals surface area contributed by atoms with Crippen LogP contribution in [0.1, 0.15) is 28.7 Å². The third kappa shape index (κ3) is 3.46. The summed E-state index contributed by atoms with van der Waals surface area (Å²) in [7, 11) is 0. The molecular formula is C18H16ClN3O2. The number of benzene rings is 2. The molecule has 0 aliphatic carbocycles. The molecule has 1 heterocycles. The van der Waals surface area contributed by atoms with Gasteiger partial charge in [0.25, 0.3) is 5.91 Å². The van der Waals surface area contributed by atoms with Crippen LogP contribution in [0.15, 0.2) is 47.0 Å². The quantitative estimate of drug-likeness (QED) is 0.757. The summed E-state index contributed by atoms with van der Waals surface area (Å²) in [6, 6.07) is 12.4. The molecule has 3 aromatic rings. The number of anilines is 1. The zero-order valence-corrected chi connectivity index (χ0v) is 14.1. The first-order valence-electron chi connectivity index (χ1n) is 7.57. The van der Waals surface area contributed by atoms with Crippen molar-refractivity contribution in [3.05, 3.63) is 64.5 Å².